The lowest BCUT2D eigenvalue weighted by atomic mass is 10.1. The van der Waals surface area contributed by atoms with Crippen LogP contribution in [0.15, 0.2) is 54.9 Å². The molecule has 0 aliphatic carbocycles. The van der Waals surface area contributed by atoms with Crippen molar-refractivity contribution in [3.05, 3.63) is 60.4 Å². The number of hydrogen-bond donors (Lipinski definition) is 3. The summed E-state index contributed by atoms with van der Waals surface area (Å²) in [6.07, 6.45) is 11.0. The van der Waals surface area contributed by atoms with Gasteiger partial charge in [-0.15, -0.1) is 6.42 Å². The van der Waals surface area contributed by atoms with E-state index < -0.39 is 0 Å². The fourth-order valence-corrected chi connectivity index (χ4v) is 3.63. The van der Waals surface area contributed by atoms with Gasteiger partial charge < -0.3 is 25.4 Å². The second-order valence-electron chi connectivity index (χ2n) is 8.50. The van der Waals surface area contributed by atoms with Gasteiger partial charge in [0.15, 0.2) is 0 Å². The molecule has 1 fully saturated rings. The zero-order chi connectivity index (χ0) is 24.6. The van der Waals surface area contributed by atoms with E-state index in [1.54, 1.807) is 6.08 Å². The molecule has 0 radical (unpaired) electrons. The predicted molar refractivity (Wildman–Crippen MR) is 138 cm³/mol. The highest BCUT2D eigenvalue weighted by Gasteiger charge is 2.20. The van der Waals surface area contributed by atoms with Crippen molar-refractivity contribution in [2.75, 3.05) is 30.4 Å². The third-order valence-corrected chi connectivity index (χ3v) is 5.38. The molecule has 3 N–H and O–H groups in total. The molecule has 0 spiro atoms. The van der Waals surface area contributed by atoms with Gasteiger partial charge in [0, 0.05) is 47.8 Å². The summed E-state index contributed by atoms with van der Waals surface area (Å²) in [4.78, 5) is 21.5. The van der Waals surface area contributed by atoms with Crippen LogP contribution >= 0.6 is 0 Å². The Kier molecular flexibility index (Phi) is 7.93. The number of hydrogen-bond acceptors (Lipinski definition) is 7. The van der Waals surface area contributed by atoms with E-state index in [0.717, 1.165) is 23.1 Å². The second kappa shape index (κ2) is 11.5. The fourth-order valence-electron chi connectivity index (χ4n) is 3.63. The number of terminal acetylenes is 1. The Morgan fingerprint density at radius 3 is 2.97 bits per heavy atom. The number of rotatable bonds is 9. The first-order valence-electron chi connectivity index (χ1n) is 11.6. The molecule has 8 nitrogen and oxygen atoms in total. The van der Waals surface area contributed by atoms with Crippen LogP contribution < -0.4 is 20.7 Å². The van der Waals surface area contributed by atoms with Crippen LogP contribution in [-0.2, 0) is 9.53 Å². The second-order valence-corrected chi connectivity index (χ2v) is 8.50. The van der Waals surface area contributed by atoms with E-state index in [9.17, 15) is 4.79 Å². The zero-order valence-electron chi connectivity index (χ0n) is 19.9. The molecule has 180 valence electrons. The van der Waals surface area contributed by atoms with E-state index in [2.05, 4.69) is 45.7 Å². The molecule has 2 heterocycles. The van der Waals surface area contributed by atoms with Gasteiger partial charge in [-0.1, -0.05) is 31.9 Å². The van der Waals surface area contributed by atoms with E-state index in [1.807, 2.05) is 36.4 Å². The first-order valence-corrected chi connectivity index (χ1v) is 11.6. The normalized spacial score (nSPS) is 15.4. The molecule has 8 heteroatoms. The van der Waals surface area contributed by atoms with Crippen molar-refractivity contribution in [1.82, 2.24) is 15.3 Å². The zero-order valence-corrected chi connectivity index (χ0v) is 19.9. The number of ether oxygens (including phenoxy) is 2. The monoisotopic (exact) mass is 471 g/mol. The Balaban J connectivity index is 1.65. The number of fused-ring (bicyclic) bond motifs is 1. The van der Waals surface area contributed by atoms with Crippen LogP contribution in [-0.4, -0.2) is 47.8 Å². The molecule has 1 aliphatic heterocycles. The van der Waals surface area contributed by atoms with Gasteiger partial charge in [-0.3, -0.25) is 4.79 Å². The maximum atomic E-state index is 12.7. The minimum Gasteiger partial charge on any atom is -0.486 e. The molecular weight excluding hydrogens is 442 g/mol. The predicted octanol–water partition coefficient (Wildman–Crippen LogP) is 4.02. The molecule has 0 bridgehead atoms. The van der Waals surface area contributed by atoms with E-state index in [1.165, 1.54) is 12.4 Å². The minimum absolute atomic E-state index is 0.0835. The van der Waals surface area contributed by atoms with Gasteiger partial charge in [-0.2, -0.15) is 0 Å². The summed E-state index contributed by atoms with van der Waals surface area (Å²) in [5, 5.41) is 10.2. The summed E-state index contributed by atoms with van der Waals surface area (Å²) in [6.45, 7) is 5.86. The molecule has 0 saturated carbocycles. The molecule has 1 atom stereocenters. The summed E-state index contributed by atoms with van der Waals surface area (Å²) in [5.41, 5.74) is 2.77. The summed E-state index contributed by atoms with van der Waals surface area (Å²) in [6, 6.07) is 11.5. The summed E-state index contributed by atoms with van der Waals surface area (Å²) in [7, 11) is 0. The highest BCUT2D eigenvalue weighted by atomic mass is 16.5. The van der Waals surface area contributed by atoms with Crippen LogP contribution in [0.2, 0.25) is 0 Å². The fraction of sp³-hybridized carbons (Fsp3) is 0.296. The van der Waals surface area contributed by atoms with E-state index in [0.29, 0.717) is 48.6 Å². The summed E-state index contributed by atoms with van der Waals surface area (Å²) >= 11 is 0. The average molecular weight is 472 g/mol. The molecule has 3 aromatic rings. The van der Waals surface area contributed by atoms with Crippen LogP contribution in [0.3, 0.4) is 0 Å². The molecule has 1 saturated heterocycles. The van der Waals surface area contributed by atoms with Gasteiger partial charge >= 0.3 is 0 Å². The van der Waals surface area contributed by atoms with Crippen LogP contribution in [0.5, 0.6) is 5.75 Å². The number of amides is 1. The third kappa shape index (κ3) is 6.57. The molecule has 4 rings (SSSR count). The SMILES string of the molecule is C#Cc1cccc(Nc2ncnc3cc(OC4CCOC4)c(NC(=O)C=CCNC(C)C)cc23)c1. The standard InChI is InChI=1S/C27H29N5O3/c1-4-19-7-5-8-20(13-19)31-27-22-14-24(32-26(33)9-6-11-28-18(2)3)25(15-23(22)29-17-30-27)35-21-10-12-34-16-21/h1,5-9,13-15,17-18,21,28H,10-12,16H2,2-3H3,(H,32,33)(H,29,30,31). The van der Waals surface area contributed by atoms with Crippen molar-refractivity contribution in [2.24, 2.45) is 0 Å². The lowest BCUT2D eigenvalue weighted by Crippen LogP contribution is -2.22. The lowest BCUT2D eigenvalue weighted by molar-refractivity contribution is -0.111. The number of nitrogens with zero attached hydrogens (tertiary/aromatic N) is 2. The van der Waals surface area contributed by atoms with Gasteiger partial charge in [0.1, 0.15) is 24.0 Å². The van der Waals surface area contributed by atoms with Crippen molar-refractivity contribution >= 4 is 34.0 Å². The van der Waals surface area contributed by atoms with Crippen LogP contribution in [0, 0.1) is 12.3 Å². The molecule has 1 aromatic heterocycles. The van der Waals surface area contributed by atoms with E-state index in [-0.39, 0.29) is 12.0 Å². The molecule has 2 aromatic carbocycles. The summed E-state index contributed by atoms with van der Waals surface area (Å²) < 4.78 is 11.6. The van der Waals surface area contributed by atoms with Crippen molar-refractivity contribution < 1.29 is 14.3 Å². The topological polar surface area (TPSA) is 97.4 Å². The van der Waals surface area contributed by atoms with Gasteiger partial charge in [-0.05, 0) is 24.3 Å². The van der Waals surface area contributed by atoms with Gasteiger partial charge in [0.05, 0.1) is 24.4 Å². The number of carbonyl (C=O) groups excluding carboxylic acids is 1. The lowest BCUT2D eigenvalue weighted by Gasteiger charge is -2.17. The van der Waals surface area contributed by atoms with Gasteiger partial charge in [0.2, 0.25) is 5.91 Å². The molecule has 1 unspecified atom stereocenters. The van der Waals surface area contributed by atoms with Crippen molar-refractivity contribution in [1.29, 1.82) is 0 Å². The van der Waals surface area contributed by atoms with Gasteiger partial charge in [-0.25, -0.2) is 9.97 Å². The molecule has 35 heavy (non-hydrogen) atoms. The van der Waals surface area contributed by atoms with E-state index >= 15 is 0 Å². The molecule has 1 aliphatic rings. The number of carbonyl (C=O) groups is 1. The number of benzene rings is 2. The molecular formula is C27H29N5O3. The maximum absolute atomic E-state index is 12.7. The Morgan fingerprint density at radius 1 is 1.31 bits per heavy atom. The highest BCUT2D eigenvalue weighted by Crippen LogP contribution is 2.34. The van der Waals surface area contributed by atoms with Crippen molar-refractivity contribution in [2.45, 2.75) is 32.4 Å². The Bertz CT molecular complexity index is 1260. The number of aromatic nitrogens is 2. The summed E-state index contributed by atoms with van der Waals surface area (Å²) in [5.74, 6) is 3.50. The molecule has 1 amide bonds. The Labute approximate surface area is 205 Å². The largest absolute Gasteiger partial charge is 0.486 e. The number of anilines is 3. The van der Waals surface area contributed by atoms with Crippen molar-refractivity contribution in [3.63, 3.8) is 0 Å². The first-order chi connectivity index (χ1) is 17.0. The van der Waals surface area contributed by atoms with Crippen LogP contribution in [0.4, 0.5) is 17.2 Å². The number of nitrogens with one attached hydrogen (secondary N) is 3. The quantitative estimate of drug-likeness (QED) is 0.320. The third-order valence-electron chi connectivity index (χ3n) is 5.38. The Hall–Kier alpha value is -3.93. The van der Waals surface area contributed by atoms with Crippen molar-refractivity contribution in [3.8, 4) is 18.1 Å². The maximum Gasteiger partial charge on any atom is 0.248 e. The minimum atomic E-state index is -0.254. The van der Waals surface area contributed by atoms with E-state index in [4.69, 9.17) is 15.9 Å². The van der Waals surface area contributed by atoms with Crippen LogP contribution in [0.25, 0.3) is 10.9 Å². The van der Waals surface area contributed by atoms with Crippen LogP contribution in [0.1, 0.15) is 25.8 Å². The Morgan fingerprint density at radius 2 is 2.20 bits per heavy atom. The highest BCUT2D eigenvalue weighted by molar-refractivity contribution is 6.03. The first kappa shape index (κ1) is 24.2. The van der Waals surface area contributed by atoms with Gasteiger partial charge in [0.25, 0.3) is 0 Å². The average Bonchev–Trinajstić information content (AvgIpc) is 3.36. The smallest absolute Gasteiger partial charge is 0.248 e.